The minimum absolute atomic E-state index is 0.228. The smallest absolute Gasteiger partial charge is 0.207 e. The van der Waals surface area contributed by atoms with E-state index in [1.165, 1.54) is 29.0 Å². The summed E-state index contributed by atoms with van der Waals surface area (Å²) < 4.78 is 14.8. The molecule has 0 aliphatic rings. The number of hydrogen-bond acceptors (Lipinski definition) is 4. The van der Waals surface area contributed by atoms with Crippen LogP contribution in [0, 0.1) is 12.7 Å². The third-order valence-corrected chi connectivity index (χ3v) is 4.48. The van der Waals surface area contributed by atoms with Crippen LogP contribution >= 0.6 is 11.3 Å². The van der Waals surface area contributed by atoms with Gasteiger partial charge in [0.25, 0.3) is 0 Å². The molecular formula is C17H13FN4S. The van der Waals surface area contributed by atoms with Crippen LogP contribution in [0.5, 0.6) is 0 Å². The van der Waals surface area contributed by atoms with Crippen molar-refractivity contribution in [1.29, 1.82) is 0 Å². The summed E-state index contributed by atoms with van der Waals surface area (Å²) in [5.41, 5.74) is 3.19. The highest BCUT2D eigenvalue weighted by atomic mass is 32.1. The third-order valence-electron chi connectivity index (χ3n) is 3.58. The van der Waals surface area contributed by atoms with E-state index >= 15 is 0 Å². The van der Waals surface area contributed by atoms with Crippen LogP contribution in [-0.2, 0) is 6.42 Å². The van der Waals surface area contributed by atoms with Gasteiger partial charge in [-0.25, -0.2) is 4.39 Å². The Morgan fingerprint density at radius 1 is 1.09 bits per heavy atom. The molecule has 0 unspecified atom stereocenters. The standard InChI is InChI=1S/C17H13FN4S/c1-11-3-2-4-13(9-11)16-19-20-17-22(16)21-15(23-17)10-12-5-7-14(18)8-6-12/h2-9H,10H2,1H3. The molecule has 4 rings (SSSR count). The molecule has 4 nitrogen and oxygen atoms in total. The van der Waals surface area contributed by atoms with Crippen LogP contribution in [0.2, 0.25) is 0 Å². The van der Waals surface area contributed by atoms with Crippen molar-refractivity contribution < 1.29 is 4.39 Å². The van der Waals surface area contributed by atoms with Crippen molar-refractivity contribution in [1.82, 2.24) is 19.8 Å². The largest absolute Gasteiger partial charge is 0.234 e. The summed E-state index contributed by atoms with van der Waals surface area (Å²) >= 11 is 1.50. The SMILES string of the molecule is Cc1cccc(-c2nnc3sc(Cc4ccc(F)cc4)nn23)c1. The van der Waals surface area contributed by atoms with Crippen LogP contribution in [0.1, 0.15) is 16.1 Å². The molecule has 23 heavy (non-hydrogen) atoms. The van der Waals surface area contributed by atoms with Gasteiger partial charge in [-0.1, -0.05) is 47.2 Å². The lowest BCUT2D eigenvalue weighted by atomic mass is 10.1. The topological polar surface area (TPSA) is 43.1 Å². The fourth-order valence-electron chi connectivity index (χ4n) is 2.47. The summed E-state index contributed by atoms with van der Waals surface area (Å²) in [6.45, 7) is 2.04. The zero-order chi connectivity index (χ0) is 15.8. The molecule has 0 amide bonds. The van der Waals surface area contributed by atoms with Gasteiger partial charge in [-0.2, -0.15) is 9.61 Å². The molecule has 6 heteroatoms. The summed E-state index contributed by atoms with van der Waals surface area (Å²) in [5.74, 6) is 0.513. The molecule has 0 bridgehead atoms. The molecule has 0 radical (unpaired) electrons. The van der Waals surface area contributed by atoms with Gasteiger partial charge in [-0.15, -0.1) is 10.2 Å². The number of rotatable bonds is 3. The molecule has 2 heterocycles. The van der Waals surface area contributed by atoms with E-state index in [2.05, 4.69) is 21.4 Å². The van der Waals surface area contributed by atoms with Crippen LogP contribution in [0.25, 0.3) is 16.3 Å². The van der Waals surface area contributed by atoms with Crippen molar-refractivity contribution in [3.63, 3.8) is 0 Å². The van der Waals surface area contributed by atoms with Crippen molar-refractivity contribution >= 4 is 16.3 Å². The van der Waals surface area contributed by atoms with Crippen LogP contribution in [0.4, 0.5) is 4.39 Å². The van der Waals surface area contributed by atoms with Crippen LogP contribution in [-0.4, -0.2) is 19.8 Å². The lowest BCUT2D eigenvalue weighted by Crippen LogP contribution is -1.94. The lowest BCUT2D eigenvalue weighted by molar-refractivity contribution is 0.627. The predicted octanol–water partition coefficient (Wildman–Crippen LogP) is 3.89. The van der Waals surface area contributed by atoms with E-state index in [9.17, 15) is 4.39 Å². The Hall–Kier alpha value is -2.60. The summed E-state index contributed by atoms with van der Waals surface area (Å²) in [6.07, 6.45) is 0.654. The van der Waals surface area contributed by atoms with Gasteiger partial charge >= 0.3 is 0 Å². The summed E-state index contributed by atoms with van der Waals surface area (Å²) in [7, 11) is 0. The Labute approximate surface area is 136 Å². The highest BCUT2D eigenvalue weighted by Gasteiger charge is 2.13. The fourth-order valence-corrected chi connectivity index (χ4v) is 3.34. The first-order valence-electron chi connectivity index (χ1n) is 7.22. The van der Waals surface area contributed by atoms with E-state index < -0.39 is 0 Å². The van der Waals surface area contributed by atoms with Gasteiger partial charge in [-0.3, -0.25) is 0 Å². The van der Waals surface area contributed by atoms with E-state index in [1.54, 1.807) is 16.6 Å². The quantitative estimate of drug-likeness (QED) is 0.574. The van der Waals surface area contributed by atoms with Gasteiger partial charge in [0.15, 0.2) is 5.82 Å². The van der Waals surface area contributed by atoms with E-state index in [0.29, 0.717) is 6.42 Å². The number of nitrogens with zero attached hydrogens (tertiary/aromatic N) is 4. The van der Waals surface area contributed by atoms with E-state index in [4.69, 9.17) is 0 Å². The molecule has 0 saturated carbocycles. The number of aromatic nitrogens is 4. The molecule has 0 aliphatic heterocycles. The number of aryl methyl sites for hydroxylation is 1. The Balaban J connectivity index is 1.70. The van der Waals surface area contributed by atoms with E-state index in [0.717, 1.165) is 26.9 Å². The van der Waals surface area contributed by atoms with Gasteiger partial charge in [0.2, 0.25) is 4.96 Å². The maximum Gasteiger partial charge on any atom is 0.234 e. The second-order valence-electron chi connectivity index (χ2n) is 5.39. The van der Waals surface area contributed by atoms with E-state index in [1.807, 2.05) is 25.1 Å². The van der Waals surface area contributed by atoms with E-state index in [-0.39, 0.29) is 5.82 Å². The predicted molar refractivity (Wildman–Crippen MR) is 88.0 cm³/mol. The Morgan fingerprint density at radius 3 is 2.70 bits per heavy atom. The third kappa shape index (κ3) is 2.73. The van der Waals surface area contributed by atoms with Crippen LogP contribution in [0.15, 0.2) is 48.5 Å². The average Bonchev–Trinajstić information content (AvgIpc) is 3.09. The van der Waals surface area contributed by atoms with Crippen molar-refractivity contribution in [3.05, 3.63) is 70.5 Å². The van der Waals surface area contributed by atoms with Crippen LogP contribution in [0.3, 0.4) is 0 Å². The maximum absolute atomic E-state index is 13.0. The van der Waals surface area contributed by atoms with Crippen LogP contribution < -0.4 is 0 Å². The van der Waals surface area contributed by atoms with Gasteiger partial charge < -0.3 is 0 Å². The molecule has 4 aromatic rings. The molecule has 2 aromatic heterocycles. The van der Waals surface area contributed by atoms with Crippen molar-refractivity contribution in [2.45, 2.75) is 13.3 Å². The molecule has 0 saturated heterocycles. The molecule has 0 fully saturated rings. The number of fused-ring (bicyclic) bond motifs is 1. The maximum atomic E-state index is 13.0. The zero-order valence-electron chi connectivity index (χ0n) is 12.4. The average molecular weight is 324 g/mol. The fraction of sp³-hybridized carbons (Fsp3) is 0.118. The van der Waals surface area contributed by atoms with Crippen molar-refractivity contribution in [2.24, 2.45) is 0 Å². The number of hydrogen-bond donors (Lipinski definition) is 0. The number of benzene rings is 2. The second-order valence-corrected chi connectivity index (χ2v) is 6.43. The monoisotopic (exact) mass is 324 g/mol. The first-order chi connectivity index (χ1) is 11.2. The van der Waals surface area contributed by atoms with Gasteiger partial charge in [0.05, 0.1) is 0 Å². The molecule has 0 N–H and O–H groups in total. The summed E-state index contributed by atoms with van der Waals surface area (Å²) in [6, 6.07) is 14.6. The molecule has 0 spiro atoms. The van der Waals surface area contributed by atoms with Crippen molar-refractivity contribution in [3.8, 4) is 11.4 Å². The molecule has 114 valence electrons. The normalized spacial score (nSPS) is 11.2. The van der Waals surface area contributed by atoms with Gasteiger partial charge in [0.1, 0.15) is 10.8 Å². The summed E-state index contributed by atoms with van der Waals surface area (Å²) in [4.78, 5) is 0.763. The van der Waals surface area contributed by atoms with Crippen molar-refractivity contribution in [2.75, 3.05) is 0 Å². The van der Waals surface area contributed by atoms with Gasteiger partial charge in [-0.05, 0) is 30.7 Å². The minimum atomic E-state index is -0.228. The summed E-state index contributed by atoms with van der Waals surface area (Å²) in [5, 5.41) is 14.0. The number of halogens is 1. The second kappa shape index (κ2) is 5.55. The minimum Gasteiger partial charge on any atom is -0.207 e. The Kier molecular flexibility index (Phi) is 3.38. The first kappa shape index (κ1) is 14.0. The van der Waals surface area contributed by atoms with Gasteiger partial charge in [0, 0.05) is 12.0 Å². The highest BCUT2D eigenvalue weighted by molar-refractivity contribution is 7.16. The molecule has 2 aromatic carbocycles. The lowest BCUT2D eigenvalue weighted by Gasteiger charge is -1.99. The first-order valence-corrected chi connectivity index (χ1v) is 8.03. The Morgan fingerprint density at radius 2 is 1.91 bits per heavy atom. The molecular weight excluding hydrogens is 311 g/mol. The zero-order valence-corrected chi connectivity index (χ0v) is 13.2. The molecule has 0 atom stereocenters. The highest BCUT2D eigenvalue weighted by Crippen LogP contribution is 2.23. The Bertz CT molecular complexity index is 972. The molecule has 0 aliphatic carbocycles.